The van der Waals surface area contributed by atoms with E-state index in [-0.39, 0.29) is 17.5 Å². The highest BCUT2D eigenvalue weighted by Crippen LogP contribution is 2.25. The van der Waals surface area contributed by atoms with Gasteiger partial charge < -0.3 is 5.73 Å². The Morgan fingerprint density at radius 1 is 0.840 bits per heavy atom. The van der Waals surface area contributed by atoms with Gasteiger partial charge in [-0.2, -0.15) is 0 Å². The molecule has 3 aromatic rings. The fourth-order valence-electron chi connectivity index (χ4n) is 2.90. The van der Waals surface area contributed by atoms with Crippen molar-refractivity contribution in [1.82, 2.24) is 0 Å². The molecule has 25 heavy (non-hydrogen) atoms. The van der Waals surface area contributed by atoms with E-state index in [4.69, 9.17) is 5.73 Å². The van der Waals surface area contributed by atoms with E-state index >= 15 is 0 Å². The van der Waals surface area contributed by atoms with Crippen molar-refractivity contribution in [2.24, 2.45) is 5.73 Å². The molecule has 0 saturated carbocycles. The second-order valence-electron chi connectivity index (χ2n) is 6.16. The predicted octanol–water partition coefficient (Wildman–Crippen LogP) is 4.46. The van der Waals surface area contributed by atoms with Gasteiger partial charge in [-0.05, 0) is 42.3 Å². The first-order chi connectivity index (χ1) is 12.1. The molecular weight excluding hydrogens is 313 g/mol. The number of hydrogen-bond donors (Lipinski definition) is 1. The Morgan fingerprint density at radius 2 is 1.28 bits per heavy atom. The Balaban J connectivity index is 1.84. The maximum atomic E-state index is 13.0. The zero-order chi connectivity index (χ0) is 17.8. The molecule has 0 aromatic heterocycles. The van der Waals surface area contributed by atoms with Crippen LogP contribution in [-0.4, -0.2) is 12.3 Å². The SMILES string of the molecule is Cc1ccc(C(CN)c2ccc(C(=O)c3ccc(F)cc3)cc2)cc1. The lowest BCUT2D eigenvalue weighted by molar-refractivity contribution is 0.103. The largest absolute Gasteiger partial charge is 0.330 e. The van der Waals surface area contributed by atoms with Crippen molar-refractivity contribution in [1.29, 1.82) is 0 Å². The molecule has 0 aliphatic carbocycles. The van der Waals surface area contributed by atoms with Crippen molar-refractivity contribution >= 4 is 5.78 Å². The summed E-state index contributed by atoms with van der Waals surface area (Å²) < 4.78 is 13.0. The fraction of sp³-hybridized carbons (Fsp3) is 0.136. The van der Waals surface area contributed by atoms with Gasteiger partial charge in [0.2, 0.25) is 0 Å². The van der Waals surface area contributed by atoms with Gasteiger partial charge in [-0.3, -0.25) is 4.79 Å². The Labute approximate surface area is 147 Å². The van der Waals surface area contributed by atoms with Gasteiger partial charge in [0.05, 0.1) is 0 Å². The van der Waals surface area contributed by atoms with Crippen molar-refractivity contribution in [3.63, 3.8) is 0 Å². The van der Waals surface area contributed by atoms with Crippen LogP contribution in [0.4, 0.5) is 4.39 Å². The number of hydrogen-bond acceptors (Lipinski definition) is 2. The summed E-state index contributed by atoms with van der Waals surface area (Å²) in [5, 5.41) is 0. The molecule has 0 heterocycles. The third-order valence-electron chi connectivity index (χ3n) is 4.40. The van der Waals surface area contributed by atoms with Crippen LogP contribution >= 0.6 is 0 Å². The van der Waals surface area contributed by atoms with Crippen molar-refractivity contribution < 1.29 is 9.18 Å². The fourth-order valence-corrected chi connectivity index (χ4v) is 2.90. The van der Waals surface area contributed by atoms with Crippen molar-refractivity contribution in [2.45, 2.75) is 12.8 Å². The molecule has 0 aliphatic heterocycles. The third kappa shape index (κ3) is 3.83. The number of halogens is 1. The number of carbonyl (C=O) groups is 1. The third-order valence-corrected chi connectivity index (χ3v) is 4.40. The molecule has 2 N–H and O–H groups in total. The molecule has 0 amide bonds. The topological polar surface area (TPSA) is 43.1 Å². The first kappa shape index (κ1) is 17.1. The molecular formula is C22H20FNO. The zero-order valence-electron chi connectivity index (χ0n) is 14.1. The van der Waals surface area contributed by atoms with E-state index in [0.717, 1.165) is 11.1 Å². The molecule has 0 radical (unpaired) electrons. The number of nitrogens with two attached hydrogens (primary N) is 1. The van der Waals surface area contributed by atoms with E-state index < -0.39 is 0 Å². The van der Waals surface area contributed by atoms with Gasteiger partial charge in [-0.15, -0.1) is 0 Å². The van der Waals surface area contributed by atoms with Crippen LogP contribution in [0.1, 0.15) is 38.5 Å². The molecule has 0 fully saturated rings. The van der Waals surface area contributed by atoms with Gasteiger partial charge in [0.15, 0.2) is 5.78 Å². The maximum absolute atomic E-state index is 13.0. The van der Waals surface area contributed by atoms with Crippen molar-refractivity contribution in [2.75, 3.05) is 6.54 Å². The second kappa shape index (κ2) is 7.41. The monoisotopic (exact) mass is 333 g/mol. The van der Waals surface area contributed by atoms with E-state index in [2.05, 4.69) is 31.2 Å². The van der Waals surface area contributed by atoms with Crippen LogP contribution in [0.3, 0.4) is 0 Å². The molecule has 2 nitrogen and oxygen atoms in total. The van der Waals surface area contributed by atoms with Gasteiger partial charge in [0, 0.05) is 23.6 Å². The lowest BCUT2D eigenvalue weighted by Gasteiger charge is -2.16. The molecule has 3 rings (SSSR count). The first-order valence-electron chi connectivity index (χ1n) is 8.25. The molecule has 3 heteroatoms. The van der Waals surface area contributed by atoms with E-state index in [0.29, 0.717) is 17.7 Å². The highest BCUT2D eigenvalue weighted by atomic mass is 19.1. The van der Waals surface area contributed by atoms with E-state index in [9.17, 15) is 9.18 Å². The average molecular weight is 333 g/mol. The molecule has 0 saturated heterocycles. The molecule has 3 aromatic carbocycles. The van der Waals surface area contributed by atoms with E-state index in [1.807, 2.05) is 12.1 Å². The summed E-state index contributed by atoms with van der Waals surface area (Å²) in [5.74, 6) is -0.377. The van der Waals surface area contributed by atoms with Crippen molar-refractivity contribution in [3.8, 4) is 0 Å². The van der Waals surface area contributed by atoms with Crippen LogP contribution < -0.4 is 5.73 Å². The second-order valence-corrected chi connectivity index (χ2v) is 6.16. The summed E-state index contributed by atoms with van der Waals surface area (Å²) in [7, 11) is 0. The minimum absolute atomic E-state index is 0.0931. The minimum Gasteiger partial charge on any atom is -0.330 e. The van der Waals surface area contributed by atoms with E-state index in [1.54, 1.807) is 12.1 Å². The molecule has 0 bridgehead atoms. The van der Waals surface area contributed by atoms with Gasteiger partial charge in [-0.25, -0.2) is 4.39 Å². The average Bonchev–Trinajstić information content (AvgIpc) is 2.64. The van der Waals surface area contributed by atoms with E-state index in [1.165, 1.54) is 29.8 Å². The van der Waals surface area contributed by atoms with Gasteiger partial charge in [0.25, 0.3) is 0 Å². The smallest absolute Gasteiger partial charge is 0.193 e. The Morgan fingerprint density at radius 3 is 1.76 bits per heavy atom. The van der Waals surface area contributed by atoms with Crippen LogP contribution in [-0.2, 0) is 0 Å². The Bertz CT molecular complexity index is 852. The minimum atomic E-state index is -0.351. The maximum Gasteiger partial charge on any atom is 0.193 e. The highest BCUT2D eigenvalue weighted by Gasteiger charge is 2.14. The summed E-state index contributed by atoms with van der Waals surface area (Å²) >= 11 is 0. The summed E-state index contributed by atoms with van der Waals surface area (Å²) in [5.41, 5.74) is 10.5. The van der Waals surface area contributed by atoms with Crippen LogP contribution in [0.25, 0.3) is 0 Å². The van der Waals surface area contributed by atoms with Crippen LogP contribution in [0, 0.1) is 12.7 Å². The molecule has 0 aliphatic rings. The van der Waals surface area contributed by atoms with Crippen LogP contribution in [0.5, 0.6) is 0 Å². The standard InChI is InChI=1S/C22H20FNO/c1-15-2-4-16(5-3-15)21(14-24)17-6-8-18(9-7-17)22(25)19-10-12-20(23)13-11-19/h2-13,21H,14,24H2,1H3. The summed E-state index contributed by atoms with van der Waals surface area (Å²) in [4.78, 5) is 12.5. The lowest BCUT2D eigenvalue weighted by Crippen LogP contribution is -2.14. The molecule has 0 spiro atoms. The zero-order valence-corrected chi connectivity index (χ0v) is 14.1. The van der Waals surface area contributed by atoms with Gasteiger partial charge >= 0.3 is 0 Å². The summed E-state index contributed by atoms with van der Waals surface area (Å²) in [6.07, 6.45) is 0. The molecule has 126 valence electrons. The van der Waals surface area contributed by atoms with Gasteiger partial charge in [-0.1, -0.05) is 54.1 Å². The number of ketones is 1. The quantitative estimate of drug-likeness (QED) is 0.701. The molecule has 1 atom stereocenters. The molecule has 1 unspecified atom stereocenters. The Hall–Kier alpha value is -2.78. The summed E-state index contributed by atoms with van der Waals surface area (Å²) in [6.45, 7) is 2.55. The number of rotatable bonds is 5. The van der Waals surface area contributed by atoms with Crippen LogP contribution in [0.2, 0.25) is 0 Å². The van der Waals surface area contributed by atoms with Gasteiger partial charge in [0.1, 0.15) is 5.82 Å². The number of carbonyl (C=O) groups excluding carboxylic acids is 1. The first-order valence-corrected chi connectivity index (χ1v) is 8.25. The number of aryl methyl sites for hydroxylation is 1. The summed E-state index contributed by atoms with van der Waals surface area (Å²) in [6, 6.07) is 21.4. The number of benzene rings is 3. The van der Waals surface area contributed by atoms with Crippen molar-refractivity contribution in [3.05, 3.63) is 106 Å². The lowest BCUT2D eigenvalue weighted by atomic mass is 9.90. The predicted molar refractivity (Wildman–Crippen MR) is 98.4 cm³/mol. The Kier molecular flexibility index (Phi) is 5.05. The normalized spacial score (nSPS) is 12.0. The van der Waals surface area contributed by atoms with Crippen LogP contribution in [0.15, 0.2) is 72.8 Å². The highest BCUT2D eigenvalue weighted by molar-refractivity contribution is 6.08.